The Balaban J connectivity index is 1.87. The number of rotatable bonds is 6. The highest BCUT2D eigenvalue weighted by Gasteiger charge is 2.24. The number of methoxy groups -OCH3 is 2. The molecular formula is C19H28N4O5. The van der Waals surface area contributed by atoms with Crippen LogP contribution in [-0.2, 0) is 4.79 Å². The normalized spacial score (nSPS) is 14.5. The lowest BCUT2D eigenvalue weighted by Crippen LogP contribution is -2.52. The Kier molecular flexibility index (Phi) is 7.62. The molecule has 9 heteroatoms. The quantitative estimate of drug-likeness (QED) is 0.739. The van der Waals surface area contributed by atoms with Crippen LogP contribution in [0.5, 0.6) is 11.5 Å². The van der Waals surface area contributed by atoms with Gasteiger partial charge in [-0.15, -0.1) is 0 Å². The van der Waals surface area contributed by atoms with Crippen molar-refractivity contribution in [2.24, 2.45) is 0 Å². The van der Waals surface area contributed by atoms with E-state index in [1.54, 1.807) is 23.1 Å². The number of hydrogen-bond donors (Lipinski definition) is 2. The third kappa shape index (κ3) is 6.12. The van der Waals surface area contributed by atoms with Gasteiger partial charge in [0, 0.05) is 43.9 Å². The first-order valence-electron chi connectivity index (χ1n) is 9.17. The molecule has 28 heavy (non-hydrogen) atoms. The Morgan fingerprint density at radius 2 is 1.57 bits per heavy atom. The second kappa shape index (κ2) is 9.93. The van der Waals surface area contributed by atoms with Gasteiger partial charge in [0.15, 0.2) is 0 Å². The minimum atomic E-state index is -0.499. The predicted molar refractivity (Wildman–Crippen MR) is 104 cm³/mol. The highest BCUT2D eigenvalue weighted by Crippen LogP contribution is 2.23. The summed E-state index contributed by atoms with van der Waals surface area (Å²) >= 11 is 0. The zero-order chi connectivity index (χ0) is 20.7. The summed E-state index contributed by atoms with van der Waals surface area (Å²) in [5.74, 6) is 0.628. The molecule has 1 aliphatic rings. The van der Waals surface area contributed by atoms with Crippen molar-refractivity contribution in [3.8, 4) is 11.5 Å². The Bertz CT molecular complexity index is 692. The molecule has 2 rings (SSSR count). The third-order valence-corrected chi connectivity index (χ3v) is 4.30. The number of ether oxygens (including phenoxy) is 2. The SMILES string of the molecule is COc1cc(OC)cc(C(=O)N2CCN(CC(=O)NC(=O)NC(C)C)CC2)c1. The van der Waals surface area contributed by atoms with E-state index < -0.39 is 6.03 Å². The molecule has 1 fully saturated rings. The van der Waals surface area contributed by atoms with Crippen LogP contribution in [0.15, 0.2) is 18.2 Å². The van der Waals surface area contributed by atoms with Crippen LogP contribution in [0.3, 0.4) is 0 Å². The van der Waals surface area contributed by atoms with Gasteiger partial charge in [-0.1, -0.05) is 0 Å². The molecule has 0 aromatic heterocycles. The van der Waals surface area contributed by atoms with E-state index in [1.165, 1.54) is 14.2 Å². The van der Waals surface area contributed by atoms with E-state index in [0.717, 1.165) is 0 Å². The zero-order valence-electron chi connectivity index (χ0n) is 16.8. The van der Waals surface area contributed by atoms with E-state index in [1.807, 2.05) is 18.7 Å². The Hall–Kier alpha value is -2.81. The molecule has 1 aliphatic heterocycles. The molecular weight excluding hydrogens is 364 g/mol. The summed E-state index contributed by atoms with van der Waals surface area (Å²) in [5.41, 5.74) is 0.493. The van der Waals surface area contributed by atoms with Gasteiger partial charge in [-0.2, -0.15) is 0 Å². The third-order valence-electron chi connectivity index (χ3n) is 4.30. The van der Waals surface area contributed by atoms with E-state index >= 15 is 0 Å². The zero-order valence-corrected chi connectivity index (χ0v) is 16.8. The highest BCUT2D eigenvalue weighted by atomic mass is 16.5. The number of urea groups is 1. The summed E-state index contributed by atoms with van der Waals surface area (Å²) in [6.45, 7) is 5.82. The fourth-order valence-corrected chi connectivity index (χ4v) is 2.89. The molecule has 0 aliphatic carbocycles. The van der Waals surface area contributed by atoms with Gasteiger partial charge in [-0.05, 0) is 26.0 Å². The number of benzene rings is 1. The molecule has 0 spiro atoms. The van der Waals surface area contributed by atoms with Crippen molar-refractivity contribution in [2.75, 3.05) is 46.9 Å². The van der Waals surface area contributed by atoms with Crippen molar-refractivity contribution in [1.82, 2.24) is 20.4 Å². The van der Waals surface area contributed by atoms with Crippen molar-refractivity contribution in [2.45, 2.75) is 19.9 Å². The summed E-state index contributed by atoms with van der Waals surface area (Å²) in [6.07, 6.45) is 0. The number of nitrogens with one attached hydrogen (secondary N) is 2. The topological polar surface area (TPSA) is 100 Å². The summed E-state index contributed by atoms with van der Waals surface area (Å²) < 4.78 is 10.4. The molecule has 154 valence electrons. The molecule has 4 amide bonds. The lowest BCUT2D eigenvalue weighted by Gasteiger charge is -2.34. The highest BCUT2D eigenvalue weighted by molar-refractivity contribution is 5.96. The van der Waals surface area contributed by atoms with E-state index in [4.69, 9.17) is 9.47 Å². The van der Waals surface area contributed by atoms with Gasteiger partial charge in [0.25, 0.3) is 5.91 Å². The lowest BCUT2D eigenvalue weighted by molar-refractivity contribution is -0.121. The average molecular weight is 392 g/mol. The van der Waals surface area contributed by atoms with Crippen molar-refractivity contribution < 1.29 is 23.9 Å². The van der Waals surface area contributed by atoms with Gasteiger partial charge >= 0.3 is 6.03 Å². The molecule has 0 atom stereocenters. The van der Waals surface area contributed by atoms with Crippen molar-refractivity contribution in [1.29, 1.82) is 0 Å². The predicted octanol–water partition coefficient (Wildman–Crippen LogP) is 0.696. The molecule has 1 aromatic rings. The first-order valence-corrected chi connectivity index (χ1v) is 9.17. The monoisotopic (exact) mass is 392 g/mol. The first-order chi connectivity index (χ1) is 13.3. The van der Waals surface area contributed by atoms with Gasteiger partial charge in [0.2, 0.25) is 5.91 Å². The number of nitrogens with zero attached hydrogens (tertiary/aromatic N) is 2. The Labute approximate surface area is 165 Å². The van der Waals surface area contributed by atoms with Gasteiger partial charge in [0.05, 0.1) is 20.8 Å². The fourth-order valence-electron chi connectivity index (χ4n) is 2.89. The molecule has 1 saturated heterocycles. The standard InChI is InChI=1S/C19H28N4O5/c1-13(2)20-19(26)21-17(24)12-22-5-7-23(8-6-22)18(25)14-9-15(27-3)11-16(10-14)28-4/h9-11,13H,5-8,12H2,1-4H3,(H2,20,21,24,26). The molecule has 0 unspecified atom stereocenters. The van der Waals surface area contributed by atoms with Crippen LogP contribution in [0.4, 0.5) is 4.79 Å². The maximum Gasteiger partial charge on any atom is 0.321 e. The van der Waals surface area contributed by atoms with Gasteiger partial charge in [-0.3, -0.25) is 19.8 Å². The number of carbonyl (C=O) groups is 3. The van der Waals surface area contributed by atoms with Crippen LogP contribution in [-0.4, -0.2) is 80.6 Å². The minimum Gasteiger partial charge on any atom is -0.497 e. The van der Waals surface area contributed by atoms with Crippen LogP contribution >= 0.6 is 0 Å². The van der Waals surface area contributed by atoms with Crippen LogP contribution in [0.25, 0.3) is 0 Å². The molecule has 1 heterocycles. The lowest BCUT2D eigenvalue weighted by atomic mass is 10.1. The summed E-state index contributed by atoms with van der Waals surface area (Å²) in [6, 6.07) is 4.53. The molecule has 0 saturated carbocycles. The number of amides is 4. The first kappa shape index (κ1) is 21.5. The van der Waals surface area contributed by atoms with Crippen LogP contribution in [0.1, 0.15) is 24.2 Å². The molecule has 1 aromatic carbocycles. The molecule has 0 bridgehead atoms. The second-order valence-corrected chi connectivity index (χ2v) is 6.85. The summed E-state index contributed by atoms with van der Waals surface area (Å²) in [5, 5.41) is 4.91. The van der Waals surface area contributed by atoms with E-state index in [-0.39, 0.29) is 24.4 Å². The smallest absolute Gasteiger partial charge is 0.321 e. The molecule has 2 N–H and O–H groups in total. The minimum absolute atomic E-state index is 0.0439. The number of carbonyl (C=O) groups excluding carboxylic acids is 3. The van der Waals surface area contributed by atoms with Crippen LogP contribution < -0.4 is 20.1 Å². The number of imide groups is 1. The summed E-state index contributed by atoms with van der Waals surface area (Å²) in [4.78, 5) is 40.0. The number of piperazine rings is 1. The van der Waals surface area contributed by atoms with Crippen molar-refractivity contribution in [3.63, 3.8) is 0 Å². The maximum atomic E-state index is 12.8. The second-order valence-electron chi connectivity index (χ2n) is 6.85. The van der Waals surface area contributed by atoms with E-state index in [2.05, 4.69) is 10.6 Å². The largest absolute Gasteiger partial charge is 0.497 e. The van der Waals surface area contributed by atoms with Crippen molar-refractivity contribution >= 4 is 17.8 Å². The van der Waals surface area contributed by atoms with Gasteiger partial charge in [-0.25, -0.2) is 4.79 Å². The van der Waals surface area contributed by atoms with Gasteiger partial charge < -0.3 is 19.7 Å². The average Bonchev–Trinajstić information content (AvgIpc) is 2.66. The maximum absolute atomic E-state index is 12.8. The van der Waals surface area contributed by atoms with Gasteiger partial charge in [0.1, 0.15) is 11.5 Å². The van der Waals surface area contributed by atoms with E-state index in [0.29, 0.717) is 43.2 Å². The Morgan fingerprint density at radius 1 is 1.00 bits per heavy atom. The Morgan fingerprint density at radius 3 is 2.07 bits per heavy atom. The van der Waals surface area contributed by atoms with Crippen LogP contribution in [0, 0.1) is 0 Å². The number of hydrogen-bond acceptors (Lipinski definition) is 6. The van der Waals surface area contributed by atoms with E-state index in [9.17, 15) is 14.4 Å². The molecule has 9 nitrogen and oxygen atoms in total. The van der Waals surface area contributed by atoms with Crippen LogP contribution in [0.2, 0.25) is 0 Å². The summed E-state index contributed by atoms with van der Waals surface area (Å²) in [7, 11) is 3.07. The van der Waals surface area contributed by atoms with Crippen molar-refractivity contribution in [3.05, 3.63) is 23.8 Å². The molecule has 0 radical (unpaired) electrons. The fraction of sp³-hybridized carbons (Fsp3) is 0.526.